The molecule has 2 heterocycles. The summed E-state index contributed by atoms with van der Waals surface area (Å²) in [5, 5.41) is 7.31. The molecule has 0 amide bonds. The number of nitrogens with zero attached hydrogens (tertiary/aromatic N) is 2. The highest BCUT2D eigenvalue weighted by Gasteiger charge is 2.24. The van der Waals surface area contributed by atoms with Crippen molar-refractivity contribution in [2.75, 3.05) is 0 Å². The van der Waals surface area contributed by atoms with Crippen molar-refractivity contribution in [2.24, 2.45) is 7.05 Å². The average Bonchev–Trinajstić information content (AvgIpc) is 3.32. The van der Waals surface area contributed by atoms with Crippen LogP contribution in [-0.2, 0) is 7.05 Å². The summed E-state index contributed by atoms with van der Waals surface area (Å²) in [7, 11) is 2.17. The van der Waals surface area contributed by atoms with E-state index in [1.165, 1.54) is 60.4 Å². The molecule has 7 rings (SSSR count). The smallest absolute Gasteiger partial charge is 0.259 e. The Morgan fingerprint density at radius 1 is 0.667 bits per heavy atom. The van der Waals surface area contributed by atoms with Gasteiger partial charge in [0.25, 0.3) is 5.82 Å². The van der Waals surface area contributed by atoms with Crippen LogP contribution in [0, 0.1) is 13.8 Å². The number of rotatable bonds is 1. The van der Waals surface area contributed by atoms with Crippen LogP contribution in [0.15, 0.2) is 89.3 Å². The number of fused-ring (bicyclic) bond motifs is 8. The molecule has 0 fully saturated rings. The number of furan rings is 1. The summed E-state index contributed by atoms with van der Waals surface area (Å²) in [4.78, 5) is 0. The van der Waals surface area contributed by atoms with Gasteiger partial charge in [-0.05, 0) is 71.1 Å². The van der Waals surface area contributed by atoms with Crippen LogP contribution in [0.4, 0.5) is 0 Å². The lowest BCUT2D eigenvalue weighted by molar-refractivity contribution is -0.651. The van der Waals surface area contributed by atoms with E-state index in [0.29, 0.717) is 0 Å². The van der Waals surface area contributed by atoms with E-state index >= 15 is 0 Å². The third-order valence-electron chi connectivity index (χ3n) is 7.21. The van der Waals surface area contributed by atoms with E-state index < -0.39 is 0 Å². The SMILES string of the molecule is Cc1ccccc1-n1c(C)[n+](C)c2c3ccc4cc5c(cc4c3ccc21)oc1ccccc15. The molecule has 0 spiro atoms. The van der Waals surface area contributed by atoms with E-state index in [0.717, 1.165) is 11.2 Å². The maximum absolute atomic E-state index is 6.21. The molecule has 33 heavy (non-hydrogen) atoms. The fourth-order valence-electron chi connectivity index (χ4n) is 5.47. The third kappa shape index (κ3) is 2.42. The van der Waals surface area contributed by atoms with Gasteiger partial charge in [-0.2, -0.15) is 4.57 Å². The summed E-state index contributed by atoms with van der Waals surface area (Å²) < 4.78 is 10.9. The van der Waals surface area contributed by atoms with Gasteiger partial charge < -0.3 is 4.42 Å². The largest absolute Gasteiger partial charge is 0.456 e. The molecule has 0 unspecified atom stereocenters. The van der Waals surface area contributed by atoms with Gasteiger partial charge in [0.2, 0.25) is 0 Å². The monoisotopic (exact) mass is 427 g/mol. The minimum Gasteiger partial charge on any atom is -0.456 e. The normalized spacial score (nSPS) is 12.1. The first-order chi connectivity index (χ1) is 16.1. The number of hydrogen-bond acceptors (Lipinski definition) is 1. The van der Waals surface area contributed by atoms with E-state index in [2.05, 4.69) is 103 Å². The number of aryl methyl sites for hydroxylation is 2. The van der Waals surface area contributed by atoms with Crippen LogP contribution in [0.1, 0.15) is 11.4 Å². The highest BCUT2D eigenvalue weighted by atomic mass is 16.3. The Labute approximate surface area is 191 Å². The maximum atomic E-state index is 6.21. The lowest BCUT2D eigenvalue weighted by Gasteiger charge is -2.06. The second-order valence-corrected chi connectivity index (χ2v) is 8.99. The highest BCUT2D eigenvalue weighted by Crippen LogP contribution is 2.37. The topological polar surface area (TPSA) is 21.9 Å². The third-order valence-corrected chi connectivity index (χ3v) is 7.21. The van der Waals surface area contributed by atoms with Gasteiger partial charge in [0.15, 0.2) is 11.0 Å². The Hall–Kier alpha value is -4.11. The summed E-state index contributed by atoms with van der Waals surface area (Å²) in [5.74, 6) is 1.21. The van der Waals surface area contributed by atoms with E-state index in [9.17, 15) is 0 Å². The molecule has 5 aromatic carbocycles. The van der Waals surface area contributed by atoms with Gasteiger partial charge in [-0.25, -0.2) is 4.57 Å². The van der Waals surface area contributed by atoms with Crippen LogP contribution in [0.2, 0.25) is 0 Å². The highest BCUT2D eigenvalue weighted by molar-refractivity contribution is 6.19. The second-order valence-electron chi connectivity index (χ2n) is 8.99. The first kappa shape index (κ1) is 18.5. The Morgan fingerprint density at radius 3 is 2.33 bits per heavy atom. The van der Waals surface area contributed by atoms with Crippen molar-refractivity contribution in [1.82, 2.24) is 4.57 Å². The van der Waals surface area contributed by atoms with Gasteiger partial charge in [0, 0.05) is 23.1 Å². The van der Waals surface area contributed by atoms with Crippen molar-refractivity contribution < 1.29 is 8.98 Å². The number of para-hydroxylation sites is 2. The van der Waals surface area contributed by atoms with Gasteiger partial charge in [-0.3, -0.25) is 0 Å². The minimum atomic E-state index is 0.937. The lowest BCUT2D eigenvalue weighted by atomic mass is 9.99. The fourth-order valence-corrected chi connectivity index (χ4v) is 5.47. The summed E-state index contributed by atoms with van der Waals surface area (Å²) in [6.45, 7) is 4.37. The van der Waals surface area contributed by atoms with E-state index in [1.807, 2.05) is 12.1 Å². The molecule has 0 saturated heterocycles. The van der Waals surface area contributed by atoms with Gasteiger partial charge in [-0.1, -0.05) is 42.5 Å². The lowest BCUT2D eigenvalue weighted by Crippen LogP contribution is -2.31. The summed E-state index contributed by atoms with van der Waals surface area (Å²) in [6.07, 6.45) is 0. The molecule has 158 valence electrons. The minimum absolute atomic E-state index is 0.937. The van der Waals surface area contributed by atoms with Crippen LogP contribution in [-0.4, -0.2) is 4.57 Å². The van der Waals surface area contributed by atoms with Crippen molar-refractivity contribution in [3.8, 4) is 5.69 Å². The molecular weight excluding hydrogens is 404 g/mol. The number of imidazole rings is 1. The Balaban J connectivity index is 1.60. The summed E-state index contributed by atoms with van der Waals surface area (Å²) in [5.41, 5.74) is 6.84. The fraction of sp³-hybridized carbons (Fsp3) is 0.100. The molecule has 0 saturated carbocycles. The molecule has 2 aromatic heterocycles. The van der Waals surface area contributed by atoms with Crippen LogP contribution in [0.5, 0.6) is 0 Å². The van der Waals surface area contributed by atoms with Gasteiger partial charge >= 0.3 is 0 Å². The van der Waals surface area contributed by atoms with Crippen LogP contribution >= 0.6 is 0 Å². The summed E-state index contributed by atoms with van der Waals surface area (Å²) in [6, 6.07) is 30.4. The van der Waals surface area contributed by atoms with Crippen molar-refractivity contribution in [3.63, 3.8) is 0 Å². The Kier molecular flexibility index (Phi) is 3.61. The zero-order chi connectivity index (χ0) is 22.3. The van der Waals surface area contributed by atoms with Crippen molar-refractivity contribution in [1.29, 1.82) is 0 Å². The standard InChI is InChI=1S/C30H23N2O/c1-18-8-4-6-10-26(18)32-19(2)31(3)30-23-13-12-20-16-25-22-9-5-7-11-28(22)33-29(25)17-24(20)21(23)14-15-27(30)32/h4-17H,1-3H3/q+1. The predicted molar refractivity (Wildman–Crippen MR) is 136 cm³/mol. The quantitative estimate of drug-likeness (QED) is 0.199. The average molecular weight is 428 g/mol. The van der Waals surface area contributed by atoms with Crippen molar-refractivity contribution >= 4 is 54.5 Å². The number of hydrogen-bond donors (Lipinski definition) is 0. The molecule has 0 aliphatic rings. The first-order valence-electron chi connectivity index (χ1n) is 11.4. The van der Waals surface area contributed by atoms with Crippen molar-refractivity contribution in [2.45, 2.75) is 13.8 Å². The molecule has 0 N–H and O–H groups in total. The van der Waals surface area contributed by atoms with Crippen LogP contribution < -0.4 is 4.57 Å². The van der Waals surface area contributed by atoms with Crippen LogP contribution in [0.25, 0.3) is 60.2 Å². The zero-order valence-corrected chi connectivity index (χ0v) is 18.9. The van der Waals surface area contributed by atoms with Gasteiger partial charge in [0.1, 0.15) is 16.9 Å². The summed E-state index contributed by atoms with van der Waals surface area (Å²) >= 11 is 0. The maximum Gasteiger partial charge on any atom is 0.259 e. The molecule has 7 aromatic rings. The molecule has 0 radical (unpaired) electrons. The van der Waals surface area contributed by atoms with E-state index in [1.54, 1.807) is 0 Å². The van der Waals surface area contributed by atoms with Crippen LogP contribution in [0.3, 0.4) is 0 Å². The molecule has 3 nitrogen and oxygen atoms in total. The number of aromatic nitrogens is 2. The molecule has 3 heteroatoms. The molecule has 0 aliphatic heterocycles. The predicted octanol–water partition coefficient (Wildman–Crippen LogP) is 7.28. The molecule has 0 aliphatic carbocycles. The Morgan fingerprint density at radius 2 is 1.45 bits per heavy atom. The van der Waals surface area contributed by atoms with Crippen molar-refractivity contribution in [3.05, 3.63) is 96.3 Å². The zero-order valence-electron chi connectivity index (χ0n) is 18.9. The van der Waals surface area contributed by atoms with Gasteiger partial charge in [-0.15, -0.1) is 0 Å². The van der Waals surface area contributed by atoms with Gasteiger partial charge in [0.05, 0.1) is 7.05 Å². The molecule has 0 atom stereocenters. The molecule has 0 bridgehead atoms. The van der Waals surface area contributed by atoms with E-state index in [4.69, 9.17) is 4.42 Å². The van der Waals surface area contributed by atoms with E-state index in [-0.39, 0.29) is 0 Å². The first-order valence-corrected chi connectivity index (χ1v) is 11.4. The molecular formula is C30H23N2O+. The Bertz CT molecular complexity index is 1900. The number of benzene rings is 5. The second kappa shape index (κ2) is 6.46.